The second-order valence-corrected chi connectivity index (χ2v) is 21.3. The highest BCUT2D eigenvalue weighted by atomic mass is 32.2. The lowest BCUT2D eigenvalue weighted by molar-refractivity contribution is -0.124. The van der Waals surface area contributed by atoms with Crippen molar-refractivity contribution >= 4 is 82.6 Å². The first-order valence-electron chi connectivity index (χ1n) is 22.2. The number of aromatic nitrogens is 2. The summed E-state index contributed by atoms with van der Waals surface area (Å²) in [6.07, 6.45) is 0.476. The summed E-state index contributed by atoms with van der Waals surface area (Å²) >= 11 is 0. The number of ketones is 1. The van der Waals surface area contributed by atoms with Gasteiger partial charge < -0.3 is 0 Å². The van der Waals surface area contributed by atoms with Crippen LogP contribution in [-0.4, -0.2) is 54.2 Å². The Morgan fingerprint density at radius 3 is 1.09 bits per heavy atom. The molecule has 2 aromatic heterocycles. The van der Waals surface area contributed by atoms with Gasteiger partial charge in [-0.1, -0.05) is 72.8 Å². The minimum Gasteiger partial charge on any atom is -0.289 e. The van der Waals surface area contributed by atoms with Gasteiger partial charge in [0.05, 0.1) is 55.9 Å². The normalized spacial score (nSPS) is 20.2. The Hall–Kier alpha value is -7.75. The van der Waals surface area contributed by atoms with Crippen LogP contribution in [0.5, 0.6) is 0 Å². The number of carbonyl (C=O) groups is 5. The van der Waals surface area contributed by atoms with Gasteiger partial charge in [0.25, 0.3) is 20.0 Å². The maximum atomic E-state index is 14.1. The summed E-state index contributed by atoms with van der Waals surface area (Å²) in [6, 6.07) is 42.8. The van der Waals surface area contributed by atoms with Gasteiger partial charge in [0.2, 0.25) is 23.6 Å². The van der Waals surface area contributed by atoms with Crippen molar-refractivity contribution in [1.29, 1.82) is 0 Å². The van der Waals surface area contributed by atoms with Gasteiger partial charge in [-0.3, -0.25) is 33.8 Å². The highest BCUT2D eigenvalue weighted by Gasteiger charge is 2.53. The van der Waals surface area contributed by atoms with E-state index in [1.807, 2.05) is 24.3 Å². The number of imide groups is 2. The van der Waals surface area contributed by atoms with Crippen LogP contribution >= 0.6 is 0 Å². The zero-order chi connectivity index (χ0) is 46.8. The van der Waals surface area contributed by atoms with Gasteiger partial charge >= 0.3 is 0 Å². The highest BCUT2D eigenvalue weighted by molar-refractivity contribution is 7.90. The van der Waals surface area contributed by atoms with E-state index < -0.39 is 67.3 Å². The Bertz CT molecular complexity index is 3490. The first-order chi connectivity index (χ1) is 32.8. The molecule has 0 bridgehead atoms. The summed E-state index contributed by atoms with van der Waals surface area (Å²) in [5.74, 6) is -5.04. The van der Waals surface area contributed by atoms with Crippen LogP contribution < -0.4 is 9.80 Å². The molecule has 15 heteroatoms. The van der Waals surface area contributed by atoms with E-state index in [0.717, 1.165) is 20.9 Å². The van der Waals surface area contributed by atoms with E-state index in [1.165, 1.54) is 80.7 Å². The summed E-state index contributed by atoms with van der Waals surface area (Å²) in [5, 5.41) is 1.42. The molecule has 0 spiro atoms. The van der Waals surface area contributed by atoms with Crippen molar-refractivity contribution in [3.63, 3.8) is 0 Å². The van der Waals surface area contributed by atoms with Crippen LogP contribution in [-0.2, 0) is 64.9 Å². The van der Waals surface area contributed by atoms with Crippen LogP contribution in [0.4, 0.5) is 11.4 Å². The molecule has 4 heterocycles. The summed E-state index contributed by atoms with van der Waals surface area (Å²) in [4.78, 5) is 72.7. The molecular weight excluding hydrogens is 901 g/mol. The zero-order valence-corrected chi connectivity index (χ0v) is 37.6. The van der Waals surface area contributed by atoms with Crippen molar-refractivity contribution < 1.29 is 40.8 Å². The SMILES string of the molecule is O=C(c1ccc(N2C(=O)C3Cc4c(n(S(=O)(=O)c5ccccc5)c5ccccc45)CC3C2=O)cc1)c1ccc(N2C(=O)C3Cc4c(n(S(=O)(=O)c5ccccc5)c5ccccc45)CC3C2=O)cc1. The molecule has 336 valence electrons. The van der Waals surface area contributed by atoms with Crippen molar-refractivity contribution in [3.8, 4) is 0 Å². The lowest BCUT2D eigenvalue weighted by Crippen LogP contribution is -2.31. The van der Waals surface area contributed by atoms with Crippen molar-refractivity contribution in [2.45, 2.75) is 35.5 Å². The fraction of sp³-hybridized carbons (Fsp3) is 0.151. The molecule has 2 aliphatic carbocycles. The topological polar surface area (TPSA) is 170 Å². The molecule has 4 unspecified atom stereocenters. The third-order valence-corrected chi connectivity index (χ3v) is 17.7. The molecule has 0 saturated carbocycles. The van der Waals surface area contributed by atoms with E-state index >= 15 is 0 Å². The van der Waals surface area contributed by atoms with E-state index in [4.69, 9.17) is 0 Å². The van der Waals surface area contributed by atoms with Gasteiger partial charge in [-0.15, -0.1) is 0 Å². The molecule has 8 aromatic rings. The number of hydrogen-bond donors (Lipinski definition) is 0. The molecule has 12 rings (SSSR count). The number of fused-ring (bicyclic) bond motifs is 8. The predicted molar refractivity (Wildman–Crippen MR) is 252 cm³/mol. The summed E-state index contributed by atoms with van der Waals surface area (Å²) < 4.78 is 59.1. The molecule has 68 heavy (non-hydrogen) atoms. The van der Waals surface area contributed by atoms with Crippen LogP contribution in [0, 0.1) is 23.7 Å². The molecule has 13 nitrogen and oxygen atoms in total. The van der Waals surface area contributed by atoms with Gasteiger partial charge in [0.15, 0.2) is 5.78 Å². The molecule has 0 radical (unpaired) electrons. The van der Waals surface area contributed by atoms with Gasteiger partial charge in [0.1, 0.15) is 0 Å². The van der Waals surface area contributed by atoms with Crippen molar-refractivity contribution in [2.24, 2.45) is 23.7 Å². The standard InChI is InChI=1S/C53H38N4O9S2/c58-49(31-19-23-33(24-20-31)54-50(59)41-27-39-37-15-7-9-17-45(37)56(47(39)29-43(41)52(54)61)67(63,64)35-11-3-1-4-12-35)32-21-25-34(26-22-32)55-51(60)42-28-40-38-16-8-10-18-46(38)57(48(40)30-44(42)53(55)62)68(65,66)36-13-5-2-6-14-36/h1-26,41-44H,27-30H2. The first kappa shape index (κ1) is 41.7. The fourth-order valence-electron chi connectivity index (χ4n) is 11.0. The molecule has 4 amide bonds. The number of nitrogens with zero attached hydrogens (tertiary/aromatic N) is 4. The second-order valence-electron chi connectivity index (χ2n) is 17.7. The number of para-hydroxylation sites is 2. The summed E-state index contributed by atoms with van der Waals surface area (Å²) in [6.45, 7) is 0. The Morgan fingerprint density at radius 2 is 0.721 bits per heavy atom. The maximum Gasteiger partial charge on any atom is 0.268 e. The van der Waals surface area contributed by atoms with E-state index in [9.17, 15) is 40.8 Å². The molecule has 0 N–H and O–H groups in total. The van der Waals surface area contributed by atoms with Crippen LogP contribution in [0.15, 0.2) is 168 Å². The monoisotopic (exact) mass is 938 g/mol. The minimum absolute atomic E-state index is 0.0511. The molecule has 2 fully saturated rings. The minimum atomic E-state index is -4.04. The third kappa shape index (κ3) is 6.01. The largest absolute Gasteiger partial charge is 0.289 e. The second kappa shape index (κ2) is 15.1. The number of carbonyl (C=O) groups excluding carboxylic acids is 5. The number of anilines is 2. The lowest BCUT2D eigenvalue weighted by atomic mass is 9.79. The number of hydrogen-bond acceptors (Lipinski definition) is 9. The van der Waals surface area contributed by atoms with Crippen LogP contribution in [0.2, 0.25) is 0 Å². The van der Waals surface area contributed by atoms with Gasteiger partial charge in [-0.25, -0.2) is 24.8 Å². The highest BCUT2D eigenvalue weighted by Crippen LogP contribution is 2.46. The quantitative estimate of drug-likeness (QED) is 0.114. The molecular formula is C53H38N4O9S2. The number of rotatable bonds is 8. The summed E-state index contributed by atoms with van der Waals surface area (Å²) in [7, 11) is -8.09. The van der Waals surface area contributed by atoms with Gasteiger partial charge in [0, 0.05) is 46.1 Å². The van der Waals surface area contributed by atoms with Gasteiger partial charge in [-0.2, -0.15) is 0 Å². The molecule has 2 aliphatic heterocycles. The molecule has 4 atom stereocenters. The lowest BCUT2D eigenvalue weighted by Gasteiger charge is -2.23. The average molecular weight is 939 g/mol. The van der Waals surface area contributed by atoms with E-state index in [1.54, 1.807) is 60.7 Å². The Labute approximate surface area is 389 Å². The first-order valence-corrected chi connectivity index (χ1v) is 25.1. The van der Waals surface area contributed by atoms with Crippen molar-refractivity contribution in [3.05, 3.63) is 191 Å². The van der Waals surface area contributed by atoms with E-state index in [0.29, 0.717) is 33.2 Å². The Kier molecular flexibility index (Phi) is 9.27. The molecule has 4 aliphatic rings. The Balaban J connectivity index is 0.773. The van der Waals surface area contributed by atoms with Crippen molar-refractivity contribution in [1.82, 2.24) is 7.94 Å². The van der Waals surface area contributed by atoms with Crippen LogP contribution in [0.1, 0.15) is 38.4 Å². The average Bonchev–Trinajstić information content (AvgIpc) is 4.04. The molecule has 2 saturated heterocycles. The number of benzene rings is 6. The zero-order valence-electron chi connectivity index (χ0n) is 35.9. The predicted octanol–water partition coefficient (Wildman–Crippen LogP) is 7.11. The smallest absolute Gasteiger partial charge is 0.268 e. The summed E-state index contributed by atoms with van der Waals surface area (Å²) in [5.41, 5.74) is 4.51. The van der Waals surface area contributed by atoms with Crippen LogP contribution in [0.3, 0.4) is 0 Å². The number of amides is 4. The maximum absolute atomic E-state index is 14.1. The Morgan fingerprint density at radius 1 is 0.397 bits per heavy atom. The fourth-order valence-corrected chi connectivity index (χ4v) is 14.2. The van der Waals surface area contributed by atoms with Gasteiger partial charge in [-0.05, 0) is 109 Å². The van der Waals surface area contributed by atoms with Crippen LogP contribution in [0.25, 0.3) is 21.8 Å². The molecule has 6 aromatic carbocycles. The van der Waals surface area contributed by atoms with Crippen molar-refractivity contribution in [2.75, 3.05) is 9.80 Å². The third-order valence-electron chi connectivity index (χ3n) is 14.2. The van der Waals surface area contributed by atoms with E-state index in [2.05, 4.69) is 0 Å². The van der Waals surface area contributed by atoms with E-state index in [-0.39, 0.29) is 63.8 Å².